The lowest BCUT2D eigenvalue weighted by Crippen LogP contribution is -2.33. The lowest BCUT2D eigenvalue weighted by atomic mass is 10.0. The standard InChI is InChI=1S/C21H25ClN8/c1-15-13-29(26-23-15)21-8-10-28(11-9-21)16(2)4-5-18-6-7-20(22)12-19(18)14-30-25-17(3)24-27-30/h4-7,12-13,21H,2,8-11,14H2,1,3H3/b5-4+. The molecule has 3 aromatic rings. The molecule has 0 aliphatic carbocycles. The molecule has 1 fully saturated rings. The van der Waals surface area contributed by atoms with E-state index in [0.717, 1.165) is 48.4 Å². The molecular formula is C21H25ClN8. The molecule has 1 saturated heterocycles. The molecule has 3 heterocycles. The van der Waals surface area contributed by atoms with Crippen LogP contribution in [0.5, 0.6) is 0 Å². The largest absolute Gasteiger partial charge is 0.372 e. The van der Waals surface area contributed by atoms with Gasteiger partial charge in [0.1, 0.15) is 0 Å². The predicted octanol–water partition coefficient (Wildman–Crippen LogP) is 3.45. The van der Waals surface area contributed by atoms with Crippen LogP contribution in [0.15, 0.2) is 42.7 Å². The summed E-state index contributed by atoms with van der Waals surface area (Å²) in [5, 5.41) is 21.3. The van der Waals surface area contributed by atoms with Crippen molar-refractivity contribution < 1.29 is 0 Å². The molecule has 9 heteroatoms. The van der Waals surface area contributed by atoms with Gasteiger partial charge >= 0.3 is 0 Å². The highest BCUT2D eigenvalue weighted by Gasteiger charge is 2.21. The Balaban J connectivity index is 1.40. The van der Waals surface area contributed by atoms with Crippen molar-refractivity contribution in [1.82, 2.24) is 40.1 Å². The molecule has 1 aliphatic heterocycles. The average Bonchev–Trinajstić information content (AvgIpc) is 3.35. The van der Waals surface area contributed by atoms with Gasteiger partial charge in [0.2, 0.25) is 0 Å². The SMILES string of the molecule is C=C(/C=C/c1ccc(Cl)cc1Cn1nnc(C)n1)N1CCC(n2cc(C)nn2)CC1. The maximum atomic E-state index is 6.21. The number of hydrogen-bond acceptors (Lipinski definition) is 6. The Bertz CT molecular complexity index is 1060. The Kier molecular flexibility index (Phi) is 5.94. The Hall–Kier alpha value is -3.00. The van der Waals surface area contributed by atoms with Crippen LogP contribution in [-0.2, 0) is 6.54 Å². The number of nitrogens with zero attached hydrogens (tertiary/aromatic N) is 8. The number of rotatable bonds is 6. The van der Waals surface area contributed by atoms with Crippen LogP contribution in [0, 0.1) is 13.8 Å². The molecule has 0 atom stereocenters. The summed E-state index contributed by atoms with van der Waals surface area (Å²) >= 11 is 6.21. The van der Waals surface area contributed by atoms with Gasteiger partial charge < -0.3 is 4.90 Å². The summed E-state index contributed by atoms with van der Waals surface area (Å²) in [5.74, 6) is 0.645. The minimum atomic E-state index is 0.403. The average molecular weight is 425 g/mol. The van der Waals surface area contributed by atoms with Crippen molar-refractivity contribution in [3.8, 4) is 0 Å². The molecule has 1 aromatic carbocycles. The maximum absolute atomic E-state index is 6.21. The molecular weight excluding hydrogens is 400 g/mol. The molecule has 0 saturated carbocycles. The van der Waals surface area contributed by atoms with Gasteiger partial charge in [-0.2, -0.15) is 4.80 Å². The maximum Gasteiger partial charge on any atom is 0.171 e. The van der Waals surface area contributed by atoms with E-state index in [0.29, 0.717) is 23.4 Å². The molecule has 156 valence electrons. The van der Waals surface area contributed by atoms with Gasteiger partial charge in [-0.3, -0.25) is 0 Å². The normalized spacial score (nSPS) is 15.2. The number of hydrogen-bond donors (Lipinski definition) is 0. The second-order valence-electron chi connectivity index (χ2n) is 7.59. The molecule has 4 rings (SSSR count). The van der Waals surface area contributed by atoms with E-state index in [4.69, 9.17) is 11.6 Å². The van der Waals surface area contributed by atoms with Crippen LogP contribution in [0.25, 0.3) is 6.08 Å². The monoisotopic (exact) mass is 424 g/mol. The number of piperidine rings is 1. The van der Waals surface area contributed by atoms with Crippen molar-refractivity contribution in [2.45, 2.75) is 39.3 Å². The van der Waals surface area contributed by atoms with Gasteiger partial charge in [-0.05, 0) is 61.2 Å². The molecule has 0 bridgehead atoms. The summed E-state index contributed by atoms with van der Waals surface area (Å²) in [6.07, 6.45) is 8.21. The van der Waals surface area contributed by atoms with Gasteiger partial charge in [0.05, 0.1) is 18.3 Å². The first-order valence-electron chi connectivity index (χ1n) is 10.0. The van der Waals surface area contributed by atoms with Crippen LogP contribution in [0.3, 0.4) is 0 Å². The zero-order chi connectivity index (χ0) is 21.1. The van der Waals surface area contributed by atoms with Crippen molar-refractivity contribution in [2.24, 2.45) is 0 Å². The second kappa shape index (κ2) is 8.79. The van der Waals surface area contributed by atoms with Gasteiger partial charge in [0, 0.05) is 30.0 Å². The molecule has 0 unspecified atom stereocenters. The minimum absolute atomic E-state index is 0.403. The molecule has 8 nitrogen and oxygen atoms in total. The van der Waals surface area contributed by atoms with Crippen LogP contribution >= 0.6 is 11.6 Å². The number of allylic oxidation sites excluding steroid dienone is 1. The smallest absolute Gasteiger partial charge is 0.171 e. The van der Waals surface area contributed by atoms with E-state index in [1.165, 1.54) is 0 Å². The van der Waals surface area contributed by atoms with E-state index < -0.39 is 0 Å². The third-order valence-corrected chi connectivity index (χ3v) is 5.53. The van der Waals surface area contributed by atoms with E-state index in [1.807, 2.05) is 42.9 Å². The van der Waals surface area contributed by atoms with Crippen molar-refractivity contribution in [2.75, 3.05) is 13.1 Å². The Labute approximate surface area is 180 Å². The van der Waals surface area contributed by atoms with Crippen LogP contribution in [0.2, 0.25) is 5.02 Å². The van der Waals surface area contributed by atoms with Crippen molar-refractivity contribution in [3.63, 3.8) is 0 Å². The van der Waals surface area contributed by atoms with E-state index >= 15 is 0 Å². The number of likely N-dealkylation sites (tertiary alicyclic amines) is 1. The Morgan fingerprint density at radius 2 is 2.00 bits per heavy atom. The molecule has 0 amide bonds. The summed E-state index contributed by atoms with van der Waals surface area (Å²) in [4.78, 5) is 3.89. The molecule has 1 aliphatic rings. The van der Waals surface area contributed by atoms with E-state index in [1.54, 1.807) is 4.80 Å². The van der Waals surface area contributed by atoms with Crippen molar-refractivity contribution in [1.29, 1.82) is 0 Å². The third-order valence-electron chi connectivity index (χ3n) is 5.29. The van der Waals surface area contributed by atoms with Crippen LogP contribution in [-0.4, -0.2) is 53.2 Å². The van der Waals surface area contributed by atoms with Crippen LogP contribution < -0.4 is 0 Å². The number of tetrazole rings is 1. The summed E-state index contributed by atoms with van der Waals surface area (Å²) in [7, 11) is 0. The van der Waals surface area contributed by atoms with E-state index in [2.05, 4.69) is 49.4 Å². The topological polar surface area (TPSA) is 77.5 Å². The van der Waals surface area contributed by atoms with Gasteiger partial charge in [-0.25, -0.2) is 4.68 Å². The highest BCUT2D eigenvalue weighted by molar-refractivity contribution is 6.30. The Morgan fingerprint density at radius 3 is 2.67 bits per heavy atom. The van der Waals surface area contributed by atoms with E-state index in [9.17, 15) is 0 Å². The van der Waals surface area contributed by atoms with Gasteiger partial charge in [0.25, 0.3) is 0 Å². The first-order chi connectivity index (χ1) is 14.5. The van der Waals surface area contributed by atoms with Crippen LogP contribution in [0.1, 0.15) is 41.5 Å². The quantitative estimate of drug-likeness (QED) is 0.564. The first-order valence-corrected chi connectivity index (χ1v) is 10.4. The van der Waals surface area contributed by atoms with E-state index in [-0.39, 0.29) is 0 Å². The first kappa shape index (κ1) is 20.3. The second-order valence-corrected chi connectivity index (χ2v) is 8.03. The zero-order valence-electron chi connectivity index (χ0n) is 17.2. The number of aromatic nitrogens is 7. The summed E-state index contributed by atoms with van der Waals surface area (Å²) < 4.78 is 1.99. The predicted molar refractivity (Wildman–Crippen MR) is 116 cm³/mol. The van der Waals surface area contributed by atoms with Gasteiger partial charge in [-0.1, -0.05) is 35.5 Å². The molecule has 2 aromatic heterocycles. The number of aryl methyl sites for hydroxylation is 2. The summed E-state index contributed by atoms with van der Waals surface area (Å²) in [6.45, 7) is 10.5. The fourth-order valence-electron chi connectivity index (χ4n) is 3.67. The third kappa shape index (κ3) is 4.76. The lowest BCUT2D eigenvalue weighted by Gasteiger charge is -2.33. The van der Waals surface area contributed by atoms with Crippen molar-refractivity contribution >= 4 is 17.7 Å². The highest BCUT2D eigenvalue weighted by Crippen LogP contribution is 2.25. The van der Waals surface area contributed by atoms with Crippen LogP contribution in [0.4, 0.5) is 0 Å². The minimum Gasteiger partial charge on any atom is -0.372 e. The van der Waals surface area contributed by atoms with Crippen molar-refractivity contribution in [3.05, 3.63) is 70.4 Å². The molecule has 0 spiro atoms. The highest BCUT2D eigenvalue weighted by atomic mass is 35.5. The molecule has 0 radical (unpaired) electrons. The fourth-order valence-corrected chi connectivity index (χ4v) is 3.86. The Morgan fingerprint density at radius 1 is 1.20 bits per heavy atom. The summed E-state index contributed by atoms with van der Waals surface area (Å²) in [5.41, 5.74) is 4.05. The number of halogens is 1. The van der Waals surface area contributed by atoms with Gasteiger partial charge in [0.15, 0.2) is 5.82 Å². The fraction of sp³-hybridized carbons (Fsp3) is 0.381. The zero-order valence-corrected chi connectivity index (χ0v) is 18.0. The molecule has 0 N–H and O–H groups in total. The number of benzene rings is 1. The van der Waals surface area contributed by atoms with Gasteiger partial charge in [-0.15, -0.1) is 15.3 Å². The lowest BCUT2D eigenvalue weighted by molar-refractivity contribution is 0.222. The summed E-state index contributed by atoms with van der Waals surface area (Å²) in [6, 6.07) is 6.23. The molecule has 30 heavy (non-hydrogen) atoms.